The van der Waals surface area contributed by atoms with Crippen molar-refractivity contribution in [2.75, 3.05) is 0 Å². The Labute approximate surface area is 167 Å². The molecule has 0 aromatic carbocycles. The molecule has 0 fully saturated rings. The molecule has 8 nitrogen and oxygen atoms in total. The molecule has 0 bridgehead atoms. The molecule has 1 atom stereocenters. The van der Waals surface area contributed by atoms with E-state index in [9.17, 15) is 18.4 Å². The van der Waals surface area contributed by atoms with Crippen molar-refractivity contribution in [2.24, 2.45) is 5.92 Å². The average molecular weight is 410 g/mol. The maximum atomic E-state index is 12.8. The Kier molecular flexibility index (Phi) is 6.49. The zero-order valence-corrected chi connectivity index (χ0v) is 17.1. The number of halogens is 2. The molecule has 1 unspecified atom stereocenters. The predicted molar refractivity (Wildman–Crippen MR) is 103 cm³/mol. The molecule has 0 radical (unpaired) electrons. The molecule has 3 rings (SSSR count). The Bertz CT molecular complexity index is 914. The molecule has 0 spiro atoms. The first-order valence-corrected chi connectivity index (χ1v) is 10.0. The highest BCUT2D eigenvalue weighted by molar-refractivity contribution is 5.76. The lowest BCUT2D eigenvalue weighted by molar-refractivity contribution is -0.122. The van der Waals surface area contributed by atoms with Gasteiger partial charge in [-0.2, -0.15) is 10.2 Å². The number of nitrogens with zero attached hydrogens (tertiary/aromatic N) is 5. The van der Waals surface area contributed by atoms with Gasteiger partial charge in [0, 0.05) is 31.2 Å². The number of hydrogen-bond acceptors (Lipinski definition) is 4. The van der Waals surface area contributed by atoms with Crippen molar-refractivity contribution in [3.05, 3.63) is 33.8 Å². The van der Waals surface area contributed by atoms with E-state index in [2.05, 4.69) is 29.4 Å². The molecular formula is C19H28F2N6O2. The van der Waals surface area contributed by atoms with E-state index in [0.29, 0.717) is 44.0 Å². The van der Waals surface area contributed by atoms with Crippen LogP contribution in [-0.4, -0.2) is 36.1 Å². The Morgan fingerprint density at radius 2 is 2.03 bits per heavy atom. The minimum absolute atomic E-state index is 0.0979. The molecule has 2 aromatic rings. The van der Waals surface area contributed by atoms with Gasteiger partial charge in [-0.25, -0.2) is 18.3 Å². The average Bonchev–Trinajstić information content (AvgIpc) is 3.08. The Hall–Kier alpha value is -2.52. The summed E-state index contributed by atoms with van der Waals surface area (Å²) in [5, 5.41) is 11.2. The van der Waals surface area contributed by atoms with E-state index < -0.39 is 6.43 Å². The molecule has 0 saturated carbocycles. The number of carbonyl (C=O) groups is 1. The Morgan fingerprint density at radius 3 is 2.69 bits per heavy atom. The van der Waals surface area contributed by atoms with Gasteiger partial charge in [0.05, 0.1) is 0 Å². The van der Waals surface area contributed by atoms with Gasteiger partial charge in [0.25, 0.3) is 6.43 Å². The van der Waals surface area contributed by atoms with Gasteiger partial charge < -0.3 is 5.32 Å². The zero-order chi connectivity index (χ0) is 21.1. The standard InChI is InChI=1S/C19H28F2N6O2/c1-12(2)6-9-26-19(29)25-8-7-14(4-5-16(25)24-26)22-17(28)11-27-13(3)10-15(23-27)18(20)21/h10,12,14,18H,4-9,11H2,1-3H3,(H,22,28). The van der Waals surface area contributed by atoms with Crippen LogP contribution in [0.15, 0.2) is 10.9 Å². The van der Waals surface area contributed by atoms with Gasteiger partial charge in [0.15, 0.2) is 0 Å². The summed E-state index contributed by atoms with van der Waals surface area (Å²) in [5.41, 5.74) is 0.0849. The molecule has 3 heterocycles. The number of fused-ring (bicyclic) bond motifs is 1. The number of nitrogens with one attached hydrogen (secondary N) is 1. The summed E-state index contributed by atoms with van der Waals surface area (Å²) in [6, 6.07) is 1.19. The minimum Gasteiger partial charge on any atom is -0.352 e. The van der Waals surface area contributed by atoms with Crippen LogP contribution < -0.4 is 11.0 Å². The topological polar surface area (TPSA) is 86.7 Å². The summed E-state index contributed by atoms with van der Waals surface area (Å²) in [4.78, 5) is 24.9. The van der Waals surface area contributed by atoms with Crippen LogP contribution in [0.2, 0.25) is 0 Å². The number of rotatable bonds is 7. The van der Waals surface area contributed by atoms with Crippen molar-refractivity contribution in [3.63, 3.8) is 0 Å². The van der Waals surface area contributed by atoms with Crippen LogP contribution in [0.4, 0.5) is 8.78 Å². The lowest BCUT2D eigenvalue weighted by Gasteiger charge is -2.16. The van der Waals surface area contributed by atoms with E-state index in [4.69, 9.17) is 0 Å². The molecule has 1 N–H and O–H groups in total. The number of aromatic nitrogens is 5. The van der Waals surface area contributed by atoms with Crippen LogP contribution >= 0.6 is 0 Å². The van der Waals surface area contributed by atoms with Crippen molar-refractivity contribution in [3.8, 4) is 0 Å². The maximum Gasteiger partial charge on any atom is 0.345 e. The van der Waals surface area contributed by atoms with Crippen molar-refractivity contribution in [2.45, 2.75) is 78.6 Å². The molecule has 10 heteroatoms. The first kappa shape index (κ1) is 21.2. The van der Waals surface area contributed by atoms with Crippen molar-refractivity contribution >= 4 is 5.91 Å². The van der Waals surface area contributed by atoms with Crippen LogP contribution in [0.3, 0.4) is 0 Å². The molecule has 29 heavy (non-hydrogen) atoms. The van der Waals surface area contributed by atoms with Gasteiger partial charge in [-0.3, -0.25) is 14.0 Å². The SMILES string of the molecule is Cc1cc(C(F)F)nn1CC(=O)NC1CCc2nn(CCC(C)C)c(=O)n2CC1. The highest BCUT2D eigenvalue weighted by atomic mass is 19.3. The van der Waals surface area contributed by atoms with Gasteiger partial charge in [0.2, 0.25) is 5.91 Å². The third-order valence-electron chi connectivity index (χ3n) is 5.22. The van der Waals surface area contributed by atoms with Crippen molar-refractivity contribution < 1.29 is 13.6 Å². The maximum absolute atomic E-state index is 12.8. The summed E-state index contributed by atoms with van der Waals surface area (Å²) >= 11 is 0. The number of amides is 1. The summed E-state index contributed by atoms with van der Waals surface area (Å²) in [6.45, 7) is 6.86. The van der Waals surface area contributed by atoms with Crippen molar-refractivity contribution in [1.29, 1.82) is 0 Å². The quantitative estimate of drug-likeness (QED) is 0.757. The number of carbonyl (C=O) groups excluding carboxylic acids is 1. The third-order valence-corrected chi connectivity index (χ3v) is 5.22. The van der Waals surface area contributed by atoms with Gasteiger partial charge in [-0.1, -0.05) is 13.8 Å². The van der Waals surface area contributed by atoms with Gasteiger partial charge in [-0.05, 0) is 38.2 Å². The summed E-state index contributed by atoms with van der Waals surface area (Å²) in [5.74, 6) is 0.967. The largest absolute Gasteiger partial charge is 0.352 e. The molecule has 0 saturated heterocycles. The normalized spacial score (nSPS) is 16.9. The smallest absolute Gasteiger partial charge is 0.345 e. The van der Waals surface area contributed by atoms with E-state index >= 15 is 0 Å². The lowest BCUT2D eigenvalue weighted by atomic mass is 10.1. The number of hydrogen-bond donors (Lipinski definition) is 1. The van der Waals surface area contributed by atoms with E-state index in [-0.39, 0.29) is 29.9 Å². The molecule has 1 amide bonds. The summed E-state index contributed by atoms with van der Waals surface area (Å²) in [6.07, 6.45) is 0.133. The first-order chi connectivity index (χ1) is 13.7. The second-order valence-electron chi connectivity index (χ2n) is 8.02. The van der Waals surface area contributed by atoms with Crippen LogP contribution in [-0.2, 0) is 30.8 Å². The van der Waals surface area contributed by atoms with Crippen molar-refractivity contribution in [1.82, 2.24) is 29.4 Å². The fraction of sp³-hybridized carbons (Fsp3) is 0.684. The molecular weight excluding hydrogens is 382 g/mol. The molecule has 1 aliphatic rings. The van der Waals surface area contributed by atoms with Crippen LogP contribution in [0.1, 0.15) is 56.7 Å². The minimum atomic E-state index is -2.66. The molecule has 2 aromatic heterocycles. The van der Waals surface area contributed by atoms with Gasteiger partial charge >= 0.3 is 5.69 Å². The first-order valence-electron chi connectivity index (χ1n) is 10.0. The van der Waals surface area contributed by atoms with Gasteiger partial charge in [0.1, 0.15) is 18.1 Å². The fourth-order valence-corrected chi connectivity index (χ4v) is 3.51. The monoisotopic (exact) mass is 410 g/mol. The summed E-state index contributed by atoms with van der Waals surface area (Å²) < 4.78 is 30.0. The molecule has 0 aliphatic carbocycles. The number of aryl methyl sites for hydroxylation is 3. The van der Waals surface area contributed by atoms with Gasteiger partial charge in [-0.15, -0.1) is 0 Å². The van der Waals surface area contributed by atoms with E-state index in [1.54, 1.807) is 11.5 Å². The van der Waals surface area contributed by atoms with E-state index in [0.717, 1.165) is 12.2 Å². The van der Waals surface area contributed by atoms with Crippen LogP contribution in [0.25, 0.3) is 0 Å². The van der Waals surface area contributed by atoms with Crippen LogP contribution in [0, 0.1) is 12.8 Å². The fourth-order valence-electron chi connectivity index (χ4n) is 3.51. The lowest BCUT2D eigenvalue weighted by Crippen LogP contribution is -2.38. The van der Waals surface area contributed by atoms with Crippen LogP contribution in [0.5, 0.6) is 0 Å². The number of alkyl halides is 2. The molecule has 1 aliphatic heterocycles. The second-order valence-corrected chi connectivity index (χ2v) is 8.02. The zero-order valence-electron chi connectivity index (χ0n) is 17.1. The Balaban J connectivity index is 1.57. The predicted octanol–water partition coefficient (Wildman–Crippen LogP) is 2.05. The summed E-state index contributed by atoms with van der Waals surface area (Å²) in [7, 11) is 0. The Morgan fingerprint density at radius 1 is 1.28 bits per heavy atom. The molecule has 160 valence electrons. The van der Waals surface area contributed by atoms with E-state index in [1.165, 1.54) is 15.4 Å². The highest BCUT2D eigenvalue weighted by Gasteiger charge is 2.23. The highest BCUT2D eigenvalue weighted by Crippen LogP contribution is 2.18. The van der Waals surface area contributed by atoms with E-state index in [1.807, 2.05) is 0 Å². The second kappa shape index (κ2) is 8.87. The third kappa shape index (κ3) is 5.10.